The average molecular weight is 291 g/mol. The van der Waals surface area contributed by atoms with Gasteiger partial charge in [-0.3, -0.25) is 0 Å². The van der Waals surface area contributed by atoms with Crippen LogP contribution in [0.4, 0.5) is 0 Å². The van der Waals surface area contributed by atoms with Gasteiger partial charge in [0.25, 0.3) is 0 Å². The minimum Gasteiger partial charge on any atom is -0.383 e. The van der Waals surface area contributed by atoms with Crippen LogP contribution in [0.2, 0.25) is 0 Å². The van der Waals surface area contributed by atoms with E-state index in [1.54, 1.807) is 7.11 Å². The quantitative estimate of drug-likeness (QED) is 0.799. The van der Waals surface area contributed by atoms with E-state index in [2.05, 4.69) is 49.5 Å². The molecule has 0 amide bonds. The van der Waals surface area contributed by atoms with Crippen LogP contribution in [-0.4, -0.2) is 39.0 Å². The fourth-order valence-corrected chi connectivity index (χ4v) is 3.22. The Morgan fingerprint density at radius 2 is 2.05 bits per heavy atom. The number of benzene rings is 1. The summed E-state index contributed by atoms with van der Waals surface area (Å²) in [6.07, 6.45) is 2.58. The smallest absolute Gasteiger partial charge is 0.0639 e. The van der Waals surface area contributed by atoms with Crippen LogP contribution in [0.25, 0.3) is 0 Å². The van der Waals surface area contributed by atoms with Gasteiger partial charge in [-0.15, -0.1) is 0 Å². The summed E-state index contributed by atoms with van der Waals surface area (Å²) in [5.74, 6) is 1.22. The van der Waals surface area contributed by atoms with E-state index in [1.165, 1.54) is 12.0 Å². The number of rotatable bonds is 8. The van der Waals surface area contributed by atoms with Crippen molar-refractivity contribution in [3.8, 4) is 0 Å². The Morgan fingerprint density at radius 1 is 1.29 bits per heavy atom. The molecule has 118 valence electrons. The summed E-state index contributed by atoms with van der Waals surface area (Å²) >= 11 is 0. The number of nitrogens with one attached hydrogen (secondary N) is 1. The average Bonchev–Trinajstić information content (AvgIpc) is 2.95. The maximum absolute atomic E-state index is 5.87. The molecule has 3 atom stereocenters. The lowest BCUT2D eigenvalue weighted by atomic mass is 9.92. The molecule has 0 bridgehead atoms. The molecule has 0 saturated carbocycles. The largest absolute Gasteiger partial charge is 0.383 e. The first-order chi connectivity index (χ1) is 10.2. The third-order valence-electron chi connectivity index (χ3n) is 4.28. The van der Waals surface area contributed by atoms with Crippen LogP contribution in [0.3, 0.4) is 0 Å². The van der Waals surface area contributed by atoms with Gasteiger partial charge in [-0.2, -0.15) is 0 Å². The molecule has 1 aromatic carbocycles. The summed E-state index contributed by atoms with van der Waals surface area (Å²) in [6, 6.07) is 11.0. The third kappa shape index (κ3) is 5.10. The van der Waals surface area contributed by atoms with Crippen LogP contribution in [0.5, 0.6) is 0 Å². The molecule has 1 saturated heterocycles. The molecule has 1 heterocycles. The Kier molecular flexibility index (Phi) is 6.68. The monoisotopic (exact) mass is 291 g/mol. The maximum Gasteiger partial charge on any atom is 0.0639 e. The minimum atomic E-state index is 0.366. The number of hydrogen-bond donors (Lipinski definition) is 1. The Bertz CT molecular complexity index is 393. The van der Waals surface area contributed by atoms with Gasteiger partial charge in [0.15, 0.2) is 0 Å². The topological polar surface area (TPSA) is 30.5 Å². The highest BCUT2D eigenvalue weighted by Gasteiger charge is 2.30. The van der Waals surface area contributed by atoms with E-state index in [4.69, 9.17) is 9.47 Å². The van der Waals surface area contributed by atoms with Gasteiger partial charge in [0.2, 0.25) is 0 Å². The molecule has 3 heteroatoms. The van der Waals surface area contributed by atoms with Crippen molar-refractivity contribution in [2.75, 3.05) is 26.9 Å². The molecule has 21 heavy (non-hydrogen) atoms. The number of ether oxygens (including phenoxy) is 2. The Hall–Kier alpha value is -0.900. The fraction of sp³-hybridized carbons (Fsp3) is 0.667. The Balaban J connectivity index is 1.85. The fourth-order valence-electron chi connectivity index (χ4n) is 3.22. The summed E-state index contributed by atoms with van der Waals surface area (Å²) < 4.78 is 11.2. The van der Waals surface area contributed by atoms with Crippen molar-refractivity contribution in [3.05, 3.63) is 35.9 Å². The Morgan fingerprint density at radius 3 is 2.71 bits per heavy atom. The van der Waals surface area contributed by atoms with Crippen LogP contribution in [0.15, 0.2) is 30.3 Å². The van der Waals surface area contributed by atoms with E-state index in [-0.39, 0.29) is 0 Å². The van der Waals surface area contributed by atoms with Crippen molar-refractivity contribution in [1.29, 1.82) is 0 Å². The predicted octanol–water partition coefficient (Wildman–Crippen LogP) is 2.89. The highest BCUT2D eigenvalue weighted by atomic mass is 16.5. The molecular weight excluding hydrogens is 262 g/mol. The van der Waals surface area contributed by atoms with E-state index >= 15 is 0 Å². The molecular formula is C18H29NO2. The third-order valence-corrected chi connectivity index (χ3v) is 4.28. The zero-order valence-corrected chi connectivity index (χ0v) is 13.5. The molecule has 0 aromatic heterocycles. The zero-order chi connectivity index (χ0) is 15.1. The molecule has 1 aliphatic heterocycles. The van der Waals surface area contributed by atoms with Crippen molar-refractivity contribution in [2.24, 2.45) is 11.8 Å². The lowest BCUT2D eigenvalue weighted by molar-refractivity contribution is 0.0523. The zero-order valence-electron chi connectivity index (χ0n) is 13.5. The lowest BCUT2D eigenvalue weighted by Crippen LogP contribution is -2.40. The maximum atomic E-state index is 5.87. The predicted molar refractivity (Wildman–Crippen MR) is 86.5 cm³/mol. The van der Waals surface area contributed by atoms with Crippen molar-refractivity contribution < 1.29 is 9.47 Å². The first-order valence-corrected chi connectivity index (χ1v) is 8.08. The first-order valence-electron chi connectivity index (χ1n) is 8.08. The minimum absolute atomic E-state index is 0.366. The molecule has 3 nitrogen and oxygen atoms in total. The first kappa shape index (κ1) is 16.5. The van der Waals surface area contributed by atoms with Crippen LogP contribution in [0.1, 0.15) is 25.8 Å². The summed E-state index contributed by atoms with van der Waals surface area (Å²) in [6.45, 7) is 7.17. The van der Waals surface area contributed by atoms with Gasteiger partial charge in [0.05, 0.1) is 12.7 Å². The van der Waals surface area contributed by atoms with Crippen LogP contribution in [-0.2, 0) is 15.9 Å². The summed E-state index contributed by atoms with van der Waals surface area (Å²) in [7, 11) is 1.77. The number of methoxy groups -OCH3 is 1. The van der Waals surface area contributed by atoms with E-state index in [1.807, 2.05) is 0 Å². The molecule has 1 aromatic rings. The Labute approximate surface area is 129 Å². The summed E-state index contributed by atoms with van der Waals surface area (Å²) in [5, 5.41) is 3.69. The lowest BCUT2D eigenvalue weighted by Gasteiger charge is -2.25. The van der Waals surface area contributed by atoms with Gasteiger partial charge in [-0.25, -0.2) is 0 Å². The van der Waals surface area contributed by atoms with Crippen LogP contribution < -0.4 is 5.32 Å². The van der Waals surface area contributed by atoms with Crippen molar-refractivity contribution >= 4 is 0 Å². The SMILES string of the molecule is COCC(Cc1ccccc1)NC[C@H]1CCO[C@@H]1C(C)C. The molecule has 1 unspecified atom stereocenters. The molecule has 0 aliphatic carbocycles. The summed E-state index contributed by atoms with van der Waals surface area (Å²) in [4.78, 5) is 0. The van der Waals surface area contributed by atoms with E-state index in [0.717, 1.165) is 26.2 Å². The second-order valence-corrected chi connectivity index (χ2v) is 6.38. The van der Waals surface area contributed by atoms with Crippen molar-refractivity contribution in [3.63, 3.8) is 0 Å². The van der Waals surface area contributed by atoms with Crippen LogP contribution in [0, 0.1) is 11.8 Å². The standard InChI is InChI=1S/C18H29NO2/c1-14(2)18-16(9-10-21-18)12-19-17(13-20-3)11-15-7-5-4-6-8-15/h4-8,14,16-19H,9-13H2,1-3H3/t16-,17?,18-/m1/s1. The molecule has 1 aliphatic rings. The number of hydrogen-bond acceptors (Lipinski definition) is 3. The second-order valence-electron chi connectivity index (χ2n) is 6.38. The van der Waals surface area contributed by atoms with Crippen LogP contribution >= 0.6 is 0 Å². The van der Waals surface area contributed by atoms with Gasteiger partial charge >= 0.3 is 0 Å². The van der Waals surface area contributed by atoms with Gasteiger partial charge in [-0.05, 0) is 30.2 Å². The van der Waals surface area contributed by atoms with Gasteiger partial charge in [-0.1, -0.05) is 44.2 Å². The highest BCUT2D eigenvalue weighted by molar-refractivity contribution is 5.15. The molecule has 1 N–H and O–H groups in total. The summed E-state index contributed by atoms with van der Waals surface area (Å²) in [5.41, 5.74) is 1.36. The molecule has 1 fully saturated rings. The van der Waals surface area contributed by atoms with Crippen molar-refractivity contribution in [1.82, 2.24) is 5.32 Å². The molecule has 0 spiro atoms. The van der Waals surface area contributed by atoms with Gasteiger partial charge in [0.1, 0.15) is 0 Å². The second kappa shape index (κ2) is 8.52. The van der Waals surface area contributed by atoms with E-state index in [9.17, 15) is 0 Å². The normalized spacial score (nSPS) is 23.6. The molecule has 2 rings (SSSR count). The van der Waals surface area contributed by atoms with Gasteiger partial charge in [0, 0.05) is 26.3 Å². The highest BCUT2D eigenvalue weighted by Crippen LogP contribution is 2.26. The van der Waals surface area contributed by atoms with Gasteiger partial charge < -0.3 is 14.8 Å². The van der Waals surface area contributed by atoms with Crippen molar-refractivity contribution in [2.45, 2.75) is 38.8 Å². The van der Waals surface area contributed by atoms with E-state index in [0.29, 0.717) is 24.0 Å². The molecule has 0 radical (unpaired) electrons. The van der Waals surface area contributed by atoms with E-state index < -0.39 is 0 Å².